The standard InChI is InChI=1S/C13H22O2/c1-12(2)9-13(12,11(14)15)8-10-6-4-3-5-7-10/h10H,3-9H2,1-2H3,(H,14,15). The van der Waals surface area contributed by atoms with Crippen molar-refractivity contribution in [1.29, 1.82) is 0 Å². The molecule has 2 saturated carbocycles. The Balaban J connectivity index is 2.00. The summed E-state index contributed by atoms with van der Waals surface area (Å²) in [6.45, 7) is 4.20. The van der Waals surface area contributed by atoms with Gasteiger partial charge in [-0.05, 0) is 24.2 Å². The van der Waals surface area contributed by atoms with E-state index in [1.54, 1.807) is 0 Å². The van der Waals surface area contributed by atoms with Gasteiger partial charge in [-0.1, -0.05) is 46.0 Å². The summed E-state index contributed by atoms with van der Waals surface area (Å²) in [7, 11) is 0. The minimum Gasteiger partial charge on any atom is -0.481 e. The normalized spacial score (nSPS) is 35.1. The Labute approximate surface area is 92.1 Å². The number of hydrogen-bond acceptors (Lipinski definition) is 1. The van der Waals surface area contributed by atoms with Crippen LogP contribution < -0.4 is 0 Å². The fraction of sp³-hybridized carbons (Fsp3) is 0.923. The predicted octanol–water partition coefficient (Wildman–Crippen LogP) is 3.46. The molecule has 2 fully saturated rings. The van der Waals surface area contributed by atoms with Crippen LogP contribution in [0.1, 0.15) is 58.8 Å². The number of rotatable bonds is 3. The third-order valence-electron chi connectivity index (χ3n) is 4.69. The van der Waals surface area contributed by atoms with E-state index >= 15 is 0 Å². The smallest absolute Gasteiger partial charge is 0.310 e. The van der Waals surface area contributed by atoms with Crippen molar-refractivity contribution < 1.29 is 9.90 Å². The fourth-order valence-corrected chi connectivity index (χ4v) is 3.40. The molecule has 2 heteroatoms. The first-order valence-corrected chi connectivity index (χ1v) is 6.21. The Kier molecular flexibility index (Phi) is 2.56. The van der Waals surface area contributed by atoms with Gasteiger partial charge in [-0.15, -0.1) is 0 Å². The molecule has 2 aliphatic rings. The Hall–Kier alpha value is -0.530. The molecule has 0 spiro atoms. The van der Waals surface area contributed by atoms with E-state index in [-0.39, 0.29) is 10.8 Å². The van der Waals surface area contributed by atoms with E-state index in [0.717, 1.165) is 12.8 Å². The quantitative estimate of drug-likeness (QED) is 0.774. The molecule has 0 bridgehead atoms. The molecule has 0 aromatic carbocycles. The van der Waals surface area contributed by atoms with Crippen LogP contribution in [-0.4, -0.2) is 11.1 Å². The zero-order valence-corrected chi connectivity index (χ0v) is 9.88. The first-order valence-electron chi connectivity index (χ1n) is 6.21. The van der Waals surface area contributed by atoms with Gasteiger partial charge in [0.05, 0.1) is 5.41 Å². The van der Waals surface area contributed by atoms with Gasteiger partial charge in [-0.3, -0.25) is 4.79 Å². The molecule has 0 saturated heterocycles. The van der Waals surface area contributed by atoms with Gasteiger partial charge in [0.1, 0.15) is 0 Å². The predicted molar refractivity (Wildman–Crippen MR) is 59.7 cm³/mol. The molecule has 1 N–H and O–H groups in total. The number of carboxylic acids is 1. The molecule has 0 amide bonds. The molecule has 1 atom stereocenters. The zero-order valence-electron chi connectivity index (χ0n) is 9.88. The molecule has 2 aliphatic carbocycles. The molecule has 0 aromatic heterocycles. The first-order chi connectivity index (χ1) is 6.98. The van der Waals surface area contributed by atoms with Crippen molar-refractivity contribution in [2.45, 2.75) is 58.8 Å². The molecular formula is C13H22O2. The van der Waals surface area contributed by atoms with E-state index in [1.807, 2.05) is 0 Å². The Bertz CT molecular complexity index is 264. The van der Waals surface area contributed by atoms with Crippen molar-refractivity contribution in [2.75, 3.05) is 0 Å². The fourth-order valence-electron chi connectivity index (χ4n) is 3.40. The minimum absolute atomic E-state index is 0.0380. The van der Waals surface area contributed by atoms with Crippen LogP contribution in [0.25, 0.3) is 0 Å². The van der Waals surface area contributed by atoms with Crippen molar-refractivity contribution in [3.8, 4) is 0 Å². The van der Waals surface area contributed by atoms with Crippen LogP contribution in [0.15, 0.2) is 0 Å². The highest BCUT2D eigenvalue weighted by atomic mass is 16.4. The van der Waals surface area contributed by atoms with E-state index in [1.165, 1.54) is 32.1 Å². The third kappa shape index (κ3) is 1.79. The summed E-state index contributed by atoms with van der Waals surface area (Å²) in [5.41, 5.74) is -0.342. The molecule has 0 aliphatic heterocycles. The molecule has 1 unspecified atom stereocenters. The first kappa shape index (κ1) is 11.0. The van der Waals surface area contributed by atoms with E-state index in [0.29, 0.717) is 5.92 Å². The Morgan fingerprint density at radius 1 is 1.27 bits per heavy atom. The highest BCUT2D eigenvalue weighted by Crippen LogP contribution is 2.67. The van der Waals surface area contributed by atoms with Gasteiger partial charge in [0.25, 0.3) is 0 Å². The van der Waals surface area contributed by atoms with Crippen molar-refractivity contribution in [1.82, 2.24) is 0 Å². The average Bonchev–Trinajstić information content (AvgIpc) is 2.71. The van der Waals surface area contributed by atoms with E-state index < -0.39 is 5.97 Å². The van der Waals surface area contributed by atoms with Crippen LogP contribution in [0.4, 0.5) is 0 Å². The lowest BCUT2D eigenvalue weighted by molar-refractivity contribution is -0.145. The molecule has 0 radical (unpaired) electrons. The molecule has 2 nitrogen and oxygen atoms in total. The van der Waals surface area contributed by atoms with Crippen LogP contribution >= 0.6 is 0 Å². The average molecular weight is 210 g/mol. The molecule has 0 aromatic rings. The van der Waals surface area contributed by atoms with Crippen LogP contribution in [0.3, 0.4) is 0 Å². The van der Waals surface area contributed by atoms with Crippen molar-refractivity contribution in [3.63, 3.8) is 0 Å². The van der Waals surface area contributed by atoms with Gasteiger partial charge in [-0.2, -0.15) is 0 Å². The van der Waals surface area contributed by atoms with Gasteiger partial charge in [0.2, 0.25) is 0 Å². The summed E-state index contributed by atoms with van der Waals surface area (Å²) in [5, 5.41) is 9.37. The minimum atomic E-state index is -0.557. The maximum Gasteiger partial charge on any atom is 0.310 e. The second kappa shape index (κ2) is 3.50. The topological polar surface area (TPSA) is 37.3 Å². The second-order valence-corrected chi connectivity index (χ2v) is 6.16. The second-order valence-electron chi connectivity index (χ2n) is 6.16. The van der Waals surface area contributed by atoms with Crippen molar-refractivity contribution in [2.24, 2.45) is 16.7 Å². The van der Waals surface area contributed by atoms with Crippen LogP contribution in [0, 0.1) is 16.7 Å². The van der Waals surface area contributed by atoms with E-state index in [2.05, 4.69) is 13.8 Å². The number of carboxylic acid groups (broad SMARTS) is 1. The van der Waals surface area contributed by atoms with Crippen LogP contribution in [-0.2, 0) is 4.79 Å². The largest absolute Gasteiger partial charge is 0.481 e. The maximum atomic E-state index is 11.4. The summed E-state index contributed by atoms with van der Waals surface area (Å²) >= 11 is 0. The summed E-state index contributed by atoms with van der Waals surface area (Å²) in [5.74, 6) is 0.120. The van der Waals surface area contributed by atoms with Gasteiger partial charge >= 0.3 is 5.97 Å². The number of hydrogen-bond donors (Lipinski definition) is 1. The molecule has 15 heavy (non-hydrogen) atoms. The highest BCUT2D eigenvalue weighted by molar-refractivity contribution is 5.79. The van der Waals surface area contributed by atoms with Crippen molar-refractivity contribution >= 4 is 5.97 Å². The van der Waals surface area contributed by atoms with Crippen LogP contribution in [0.2, 0.25) is 0 Å². The van der Waals surface area contributed by atoms with Gasteiger partial charge in [0.15, 0.2) is 0 Å². The summed E-state index contributed by atoms with van der Waals surface area (Å²) in [6.07, 6.45) is 8.28. The van der Waals surface area contributed by atoms with Gasteiger partial charge in [-0.25, -0.2) is 0 Å². The molecular weight excluding hydrogens is 188 g/mol. The number of aliphatic carboxylic acids is 1. The molecule has 2 rings (SSSR count). The van der Waals surface area contributed by atoms with E-state index in [4.69, 9.17) is 0 Å². The van der Waals surface area contributed by atoms with Crippen molar-refractivity contribution in [3.05, 3.63) is 0 Å². The Morgan fingerprint density at radius 3 is 2.20 bits per heavy atom. The highest BCUT2D eigenvalue weighted by Gasteiger charge is 2.66. The summed E-state index contributed by atoms with van der Waals surface area (Å²) in [6, 6.07) is 0. The van der Waals surface area contributed by atoms with Gasteiger partial charge < -0.3 is 5.11 Å². The number of carbonyl (C=O) groups is 1. The third-order valence-corrected chi connectivity index (χ3v) is 4.69. The SMILES string of the molecule is CC1(C)CC1(CC1CCCCC1)C(=O)O. The molecule has 86 valence electrons. The van der Waals surface area contributed by atoms with Crippen LogP contribution in [0.5, 0.6) is 0 Å². The molecule has 0 heterocycles. The summed E-state index contributed by atoms with van der Waals surface area (Å²) < 4.78 is 0. The zero-order chi connectivity index (χ0) is 11.1. The monoisotopic (exact) mass is 210 g/mol. The Morgan fingerprint density at radius 2 is 1.80 bits per heavy atom. The van der Waals surface area contributed by atoms with Gasteiger partial charge in [0, 0.05) is 0 Å². The maximum absolute atomic E-state index is 11.4. The summed E-state index contributed by atoms with van der Waals surface area (Å²) in [4.78, 5) is 11.4. The lowest BCUT2D eigenvalue weighted by Crippen LogP contribution is -2.25. The van der Waals surface area contributed by atoms with E-state index in [9.17, 15) is 9.90 Å². The lowest BCUT2D eigenvalue weighted by atomic mass is 9.79. The lowest BCUT2D eigenvalue weighted by Gasteiger charge is -2.26.